The molecule has 1 aliphatic carbocycles. The maximum absolute atomic E-state index is 11.0. The average Bonchev–Trinajstić information content (AvgIpc) is 3.08. The standard InChI is InChI=1S/C14H16N4O3/c1-9-10(5-4-6-11(9)18(19)20)12-16-13(17-21-12)14(15)7-2-3-8-14/h4-6H,2-3,7-8,15H2,1H3. The fourth-order valence-electron chi connectivity index (χ4n) is 2.82. The van der Waals surface area contributed by atoms with Gasteiger partial charge in [0.2, 0.25) is 0 Å². The summed E-state index contributed by atoms with van der Waals surface area (Å²) in [5.74, 6) is 0.767. The fourth-order valence-corrected chi connectivity index (χ4v) is 2.82. The average molecular weight is 288 g/mol. The van der Waals surface area contributed by atoms with Crippen LogP contribution in [0, 0.1) is 17.0 Å². The Labute approximate surface area is 121 Å². The SMILES string of the molecule is Cc1c(-c2nc(C3(N)CCCC3)no2)cccc1[N+](=O)[O-]. The summed E-state index contributed by atoms with van der Waals surface area (Å²) < 4.78 is 5.28. The van der Waals surface area contributed by atoms with Crippen LogP contribution in [0.15, 0.2) is 22.7 Å². The molecule has 0 bridgehead atoms. The molecule has 3 rings (SSSR count). The highest BCUT2D eigenvalue weighted by Gasteiger charge is 2.36. The molecule has 1 fully saturated rings. The molecule has 0 unspecified atom stereocenters. The van der Waals surface area contributed by atoms with Crippen LogP contribution in [-0.4, -0.2) is 15.1 Å². The van der Waals surface area contributed by atoms with Crippen molar-refractivity contribution in [2.75, 3.05) is 0 Å². The number of hydrogen-bond acceptors (Lipinski definition) is 6. The van der Waals surface area contributed by atoms with Crippen molar-refractivity contribution < 1.29 is 9.45 Å². The van der Waals surface area contributed by atoms with E-state index in [0.717, 1.165) is 25.7 Å². The summed E-state index contributed by atoms with van der Waals surface area (Å²) in [6.45, 7) is 1.67. The molecule has 110 valence electrons. The van der Waals surface area contributed by atoms with Gasteiger partial charge in [0.05, 0.1) is 10.5 Å². The molecule has 1 aliphatic rings. The van der Waals surface area contributed by atoms with Crippen LogP contribution in [0.1, 0.15) is 37.1 Å². The molecule has 7 nitrogen and oxygen atoms in total. The largest absolute Gasteiger partial charge is 0.334 e. The van der Waals surface area contributed by atoms with Gasteiger partial charge in [0, 0.05) is 17.2 Å². The highest BCUT2D eigenvalue weighted by Crippen LogP contribution is 2.36. The van der Waals surface area contributed by atoms with Crippen LogP contribution in [0.5, 0.6) is 0 Å². The highest BCUT2D eigenvalue weighted by molar-refractivity contribution is 5.64. The normalized spacial score (nSPS) is 17.0. The number of hydrogen-bond donors (Lipinski definition) is 1. The predicted octanol–water partition coefficient (Wildman–Crippen LogP) is 2.68. The topological polar surface area (TPSA) is 108 Å². The Morgan fingerprint density at radius 1 is 1.38 bits per heavy atom. The Bertz CT molecular complexity index is 689. The van der Waals surface area contributed by atoms with Crippen LogP contribution in [-0.2, 0) is 5.54 Å². The zero-order valence-corrected chi connectivity index (χ0v) is 11.7. The van der Waals surface area contributed by atoms with Crippen molar-refractivity contribution in [1.82, 2.24) is 10.1 Å². The third kappa shape index (κ3) is 2.29. The van der Waals surface area contributed by atoms with Gasteiger partial charge >= 0.3 is 0 Å². The van der Waals surface area contributed by atoms with Crippen molar-refractivity contribution in [3.8, 4) is 11.5 Å². The maximum Gasteiger partial charge on any atom is 0.273 e. The summed E-state index contributed by atoms with van der Waals surface area (Å²) in [6, 6.07) is 4.80. The number of aromatic nitrogens is 2. The number of nitro benzene ring substituents is 1. The maximum atomic E-state index is 11.0. The lowest BCUT2D eigenvalue weighted by molar-refractivity contribution is -0.385. The van der Waals surface area contributed by atoms with Crippen LogP contribution >= 0.6 is 0 Å². The third-order valence-corrected chi connectivity index (χ3v) is 4.10. The Morgan fingerprint density at radius 3 is 2.76 bits per heavy atom. The van der Waals surface area contributed by atoms with E-state index in [1.807, 2.05) is 0 Å². The first-order valence-electron chi connectivity index (χ1n) is 6.89. The van der Waals surface area contributed by atoms with Crippen molar-refractivity contribution in [2.45, 2.75) is 38.1 Å². The molecule has 0 saturated heterocycles. The van der Waals surface area contributed by atoms with E-state index in [0.29, 0.717) is 17.0 Å². The van der Waals surface area contributed by atoms with Crippen molar-refractivity contribution in [3.05, 3.63) is 39.7 Å². The van der Waals surface area contributed by atoms with Gasteiger partial charge < -0.3 is 10.3 Å². The zero-order chi connectivity index (χ0) is 15.0. The van der Waals surface area contributed by atoms with E-state index < -0.39 is 10.5 Å². The predicted molar refractivity (Wildman–Crippen MR) is 75.5 cm³/mol. The zero-order valence-electron chi connectivity index (χ0n) is 11.7. The van der Waals surface area contributed by atoms with Gasteiger partial charge in [-0.25, -0.2) is 0 Å². The first-order valence-corrected chi connectivity index (χ1v) is 6.89. The minimum absolute atomic E-state index is 0.0376. The summed E-state index contributed by atoms with van der Waals surface area (Å²) in [7, 11) is 0. The van der Waals surface area contributed by atoms with Gasteiger partial charge in [0.1, 0.15) is 0 Å². The molecule has 1 saturated carbocycles. The van der Waals surface area contributed by atoms with Gasteiger partial charge in [0.15, 0.2) is 5.82 Å². The Morgan fingerprint density at radius 2 is 2.10 bits per heavy atom. The molecule has 0 atom stereocenters. The van der Waals surface area contributed by atoms with E-state index in [9.17, 15) is 10.1 Å². The first kappa shape index (κ1) is 13.7. The van der Waals surface area contributed by atoms with Crippen molar-refractivity contribution >= 4 is 5.69 Å². The van der Waals surface area contributed by atoms with Gasteiger partial charge in [-0.15, -0.1) is 0 Å². The molecule has 1 heterocycles. The van der Waals surface area contributed by atoms with E-state index in [4.69, 9.17) is 10.3 Å². The molecule has 2 N–H and O–H groups in total. The van der Waals surface area contributed by atoms with Crippen LogP contribution < -0.4 is 5.73 Å². The van der Waals surface area contributed by atoms with E-state index in [1.54, 1.807) is 19.1 Å². The molecule has 21 heavy (non-hydrogen) atoms. The second kappa shape index (κ2) is 4.92. The monoisotopic (exact) mass is 288 g/mol. The van der Waals surface area contributed by atoms with E-state index in [-0.39, 0.29) is 11.6 Å². The number of benzene rings is 1. The Kier molecular flexibility index (Phi) is 3.21. The summed E-state index contributed by atoms with van der Waals surface area (Å²) >= 11 is 0. The number of rotatable bonds is 3. The minimum atomic E-state index is -0.531. The lowest BCUT2D eigenvalue weighted by Crippen LogP contribution is -2.34. The number of nitro groups is 1. The minimum Gasteiger partial charge on any atom is -0.334 e. The highest BCUT2D eigenvalue weighted by atomic mass is 16.6. The van der Waals surface area contributed by atoms with Crippen LogP contribution in [0.25, 0.3) is 11.5 Å². The van der Waals surface area contributed by atoms with Gasteiger partial charge in [0.25, 0.3) is 11.6 Å². The molecule has 1 aromatic heterocycles. The molecule has 0 spiro atoms. The summed E-state index contributed by atoms with van der Waals surface area (Å²) in [5.41, 5.74) is 6.88. The van der Waals surface area contributed by atoms with Crippen molar-refractivity contribution in [2.24, 2.45) is 5.73 Å². The first-order chi connectivity index (χ1) is 10.0. The molecule has 1 aromatic carbocycles. The molecule has 0 aliphatic heterocycles. The molecular weight excluding hydrogens is 272 g/mol. The van der Waals surface area contributed by atoms with Crippen LogP contribution in [0.3, 0.4) is 0 Å². The summed E-state index contributed by atoms with van der Waals surface area (Å²) in [5, 5.41) is 15.0. The van der Waals surface area contributed by atoms with Gasteiger partial charge in [-0.2, -0.15) is 4.98 Å². The van der Waals surface area contributed by atoms with Gasteiger partial charge in [-0.1, -0.05) is 24.1 Å². The van der Waals surface area contributed by atoms with Crippen molar-refractivity contribution in [3.63, 3.8) is 0 Å². The van der Waals surface area contributed by atoms with Crippen LogP contribution in [0.4, 0.5) is 5.69 Å². The Balaban J connectivity index is 2.01. The molecular formula is C14H16N4O3. The number of nitrogens with two attached hydrogens (primary N) is 1. The molecule has 2 aromatic rings. The summed E-state index contributed by atoms with van der Waals surface area (Å²) in [6.07, 6.45) is 3.77. The van der Waals surface area contributed by atoms with Gasteiger partial charge in [-0.05, 0) is 25.8 Å². The second-order valence-corrected chi connectivity index (χ2v) is 5.49. The van der Waals surface area contributed by atoms with E-state index >= 15 is 0 Å². The fraction of sp³-hybridized carbons (Fsp3) is 0.429. The van der Waals surface area contributed by atoms with Gasteiger partial charge in [-0.3, -0.25) is 10.1 Å². The third-order valence-electron chi connectivity index (χ3n) is 4.10. The smallest absolute Gasteiger partial charge is 0.273 e. The molecule has 7 heteroatoms. The second-order valence-electron chi connectivity index (χ2n) is 5.49. The lowest BCUT2D eigenvalue weighted by atomic mass is 9.98. The van der Waals surface area contributed by atoms with E-state index in [1.165, 1.54) is 6.07 Å². The molecule has 0 radical (unpaired) electrons. The quantitative estimate of drug-likeness (QED) is 0.687. The van der Waals surface area contributed by atoms with Crippen LogP contribution in [0.2, 0.25) is 0 Å². The summed E-state index contributed by atoms with van der Waals surface area (Å²) in [4.78, 5) is 14.9. The van der Waals surface area contributed by atoms with Crippen molar-refractivity contribution in [1.29, 1.82) is 0 Å². The lowest BCUT2D eigenvalue weighted by Gasteiger charge is -2.17. The molecule has 0 amide bonds. The van der Waals surface area contributed by atoms with E-state index in [2.05, 4.69) is 10.1 Å². The Hall–Kier alpha value is -2.28. The number of nitrogens with zero attached hydrogens (tertiary/aromatic N) is 3.